The number of furan rings is 1. The molecule has 0 radical (unpaired) electrons. The molecule has 1 atom stereocenters. The lowest BCUT2D eigenvalue weighted by Crippen LogP contribution is -2.26. The van der Waals surface area contributed by atoms with E-state index in [0.29, 0.717) is 11.3 Å². The molecule has 3 rings (SSSR count). The highest BCUT2D eigenvalue weighted by atomic mass is 32.2. The second kappa shape index (κ2) is 6.96. The Balaban J connectivity index is 1.75. The van der Waals surface area contributed by atoms with Gasteiger partial charge in [-0.2, -0.15) is 0 Å². The van der Waals surface area contributed by atoms with Gasteiger partial charge in [0.15, 0.2) is 9.84 Å². The van der Waals surface area contributed by atoms with Crippen LogP contribution in [0.2, 0.25) is 0 Å². The fraction of sp³-hybridized carbons (Fsp3) is 0.250. The molecule has 0 bridgehead atoms. The Kier molecular flexibility index (Phi) is 4.87. The van der Waals surface area contributed by atoms with Crippen LogP contribution in [0.3, 0.4) is 0 Å². The van der Waals surface area contributed by atoms with Crippen LogP contribution in [-0.2, 0) is 9.84 Å². The molecule has 2 aromatic carbocycles. The van der Waals surface area contributed by atoms with Crippen molar-refractivity contribution in [2.75, 3.05) is 0 Å². The number of carbonyl (C=O) groups is 1. The Morgan fingerprint density at radius 1 is 1.00 bits per heavy atom. The van der Waals surface area contributed by atoms with Crippen LogP contribution in [0.25, 0.3) is 11.0 Å². The predicted molar refractivity (Wildman–Crippen MR) is 101 cm³/mol. The monoisotopic (exact) mass is 371 g/mol. The smallest absolute Gasteiger partial charge is 0.251 e. The number of amides is 1. The number of fused-ring (bicyclic) bond motifs is 1. The lowest BCUT2D eigenvalue weighted by atomic mass is 10.1. The van der Waals surface area contributed by atoms with Gasteiger partial charge < -0.3 is 9.73 Å². The van der Waals surface area contributed by atoms with Crippen LogP contribution in [0.1, 0.15) is 42.9 Å². The van der Waals surface area contributed by atoms with Crippen molar-refractivity contribution < 1.29 is 17.6 Å². The summed E-state index contributed by atoms with van der Waals surface area (Å²) in [4.78, 5) is 12.7. The van der Waals surface area contributed by atoms with Crippen LogP contribution < -0.4 is 5.32 Å². The minimum Gasteiger partial charge on any atom is -0.459 e. The molecule has 0 aliphatic carbocycles. The topological polar surface area (TPSA) is 76.4 Å². The van der Waals surface area contributed by atoms with Crippen molar-refractivity contribution in [2.45, 2.75) is 37.0 Å². The van der Waals surface area contributed by atoms with Crippen LogP contribution in [-0.4, -0.2) is 19.6 Å². The number of carbonyl (C=O) groups excluding carboxylic acids is 1. The SMILES string of the molecule is CC(NC(=O)c1ccc(S(=O)(=O)C(C)C)cc1)c1cc2ccccc2o1. The van der Waals surface area contributed by atoms with E-state index in [2.05, 4.69) is 5.32 Å². The van der Waals surface area contributed by atoms with E-state index in [0.717, 1.165) is 11.0 Å². The third-order valence-electron chi connectivity index (χ3n) is 4.28. The van der Waals surface area contributed by atoms with E-state index >= 15 is 0 Å². The summed E-state index contributed by atoms with van der Waals surface area (Å²) in [5, 5.41) is 3.35. The zero-order chi connectivity index (χ0) is 18.9. The van der Waals surface area contributed by atoms with E-state index in [1.807, 2.05) is 37.3 Å². The van der Waals surface area contributed by atoms with Gasteiger partial charge >= 0.3 is 0 Å². The van der Waals surface area contributed by atoms with Crippen molar-refractivity contribution in [3.8, 4) is 0 Å². The van der Waals surface area contributed by atoms with Crippen molar-refractivity contribution in [1.82, 2.24) is 5.32 Å². The first-order valence-corrected chi connectivity index (χ1v) is 9.97. The second-order valence-corrected chi connectivity index (χ2v) is 9.00. The lowest BCUT2D eigenvalue weighted by Gasteiger charge is -2.12. The fourth-order valence-corrected chi connectivity index (χ4v) is 3.69. The molecule has 136 valence electrons. The Hall–Kier alpha value is -2.60. The first-order valence-electron chi connectivity index (χ1n) is 8.42. The summed E-state index contributed by atoms with van der Waals surface area (Å²) in [6.45, 7) is 5.10. The van der Waals surface area contributed by atoms with Gasteiger partial charge in [0.25, 0.3) is 5.91 Å². The van der Waals surface area contributed by atoms with Crippen LogP contribution in [0.4, 0.5) is 0 Å². The second-order valence-electron chi connectivity index (χ2n) is 6.50. The number of hydrogen-bond donors (Lipinski definition) is 1. The van der Waals surface area contributed by atoms with Gasteiger partial charge in [0.05, 0.1) is 16.2 Å². The normalized spacial score (nSPS) is 13.1. The summed E-state index contributed by atoms with van der Waals surface area (Å²) < 4.78 is 30.1. The van der Waals surface area contributed by atoms with Gasteiger partial charge in [-0.25, -0.2) is 8.42 Å². The van der Waals surface area contributed by atoms with Crippen molar-refractivity contribution in [3.63, 3.8) is 0 Å². The van der Waals surface area contributed by atoms with Crippen molar-refractivity contribution in [1.29, 1.82) is 0 Å². The lowest BCUT2D eigenvalue weighted by molar-refractivity contribution is 0.0935. The molecule has 1 heterocycles. The molecule has 0 fully saturated rings. The highest BCUT2D eigenvalue weighted by molar-refractivity contribution is 7.92. The molecule has 1 amide bonds. The number of hydrogen-bond acceptors (Lipinski definition) is 4. The summed E-state index contributed by atoms with van der Waals surface area (Å²) in [5.74, 6) is 0.380. The number of para-hydroxylation sites is 1. The zero-order valence-electron chi connectivity index (χ0n) is 14.9. The quantitative estimate of drug-likeness (QED) is 0.732. The minimum absolute atomic E-state index is 0.217. The molecular weight excluding hydrogens is 350 g/mol. The first kappa shape index (κ1) is 18.2. The Labute approximate surface area is 152 Å². The Bertz CT molecular complexity index is 1000. The van der Waals surface area contributed by atoms with Gasteiger partial charge in [-0.05, 0) is 57.2 Å². The molecule has 0 saturated heterocycles. The maximum Gasteiger partial charge on any atom is 0.251 e. The number of benzene rings is 2. The van der Waals surface area contributed by atoms with Gasteiger partial charge in [0.2, 0.25) is 0 Å². The van der Waals surface area contributed by atoms with E-state index < -0.39 is 15.1 Å². The van der Waals surface area contributed by atoms with Gasteiger partial charge in [0.1, 0.15) is 11.3 Å². The number of sulfone groups is 1. The molecule has 0 aliphatic heterocycles. The third-order valence-corrected chi connectivity index (χ3v) is 6.46. The van der Waals surface area contributed by atoms with Crippen LogP contribution >= 0.6 is 0 Å². The van der Waals surface area contributed by atoms with Crippen LogP contribution in [0.5, 0.6) is 0 Å². The third kappa shape index (κ3) is 3.51. The molecule has 3 aromatic rings. The molecule has 5 nitrogen and oxygen atoms in total. The van der Waals surface area contributed by atoms with Crippen LogP contribution in [0, 0.1) is 0 Å². The van der Waals surface area contributed by atoms with E-state index in [1.165, 1.54) is 24.3 Å². The maximum atomic E-state index is 12.4. The van der Waals surface area contributed by atoms with E-state index in [4.69, 9.17) is 4.42 Å². The summed E-state index contributed by atoms with van der Waals surface area (Å²) >= 11 is 0. The zero-order valence-corrected chi connectivity index (χ0v) is 15.7. The van der Waals surface area contributed by atoms with Crippen molar-refractivity contribution in [3.05, 3.63) is 65.9 Å². The van der Waals surface area contributed by atoms with Gasteiger partial charge in [0, 0.05) is 10.9 Å². The van der Waals surface area contributed by atoms with E-state index in [-0.39, 0.29) is 16.8 Å². The summed E-state index contributed by atoms with van der Waals surface area (Å²) in [6, 6.07) is 15.2. The number of nitrogens with one attached hydrogen (secondary N) is 1. The molecule has 1 N–H and O–H groups in total. The fourth-order valence-electron chi connectivity index (χ4n) is 2.64. The average molecular weight is 371 g/mol. The summed E-state index contributed by atoms with van der Waals surface area (Å²) in [7, 11) is -3.35. The molecule has 0 spiro atoms. The largest absolute Gasteiger partial charge is 0.459 e. The average Bonchev–Trinajstić information content (AvgIpc) is 3.06. The van der Waals surface area contributed by atoms with E-state index in [9.17, 15) is 13.2 Å². The van der Waals surface area contributed by atoms with Crippen molar-refractivity contribution in [2.24, 2.45) is 0 Å². The molecule has 0 saturated carbocycles. The minimum atomic E-state index is -3.35. The van der Waals surface area contributed by atoms with Crippen LogP contribution in [0.15, 0.2) is 63.9 Å². The summed E-state index contributed by atoms with van der Waals surface area (Å²) in [6.07, 6.45) is 0. The summed E-state index contributed by atoms with van der Waals surface area (Å²) in [5.41, 5.74) is 1.17. The highest BCUT2D eigenvalue weighted by Crippen LogP contribution is 2.24. The number of rotatable bonds is 5. The van der Waals surface area contributed by atoms with E-state index in [1.54, 1.807) is 13.8 Å². The maximum absolute atomic E-state index is 12.4. The predicted octanol–water partition coefficient (Wildman–Crippen LogP) is 4.11. The molecular formula is C20H21NO4S. The molecule has 1 aromatic heterocycles. The highest BCUT2D eigenvalue weighted by Gasteiger charge is 2.20. The van der Waals surface area contributed by atoms with Crippen molar-refractivity contribution >= 4 is 26.7 Å². The first-order chi connectivity index (χ1) is 12.3. The Morgan fingerprint density at radius 2 is 1.65 bits per heavy atom. The standard InChI is InChI=1S/C20H21NO4S/c1-13(2)26(23,24)17-10-8-15(9-11-17)20(22)21-14(3)19-12-16-6-4-5-7-18(16)25-19/h4-14H,1-3H3,(H,21,22). The molecule has 0 aliphatic rings. The molecule has 26 heavy (non-hydrogen) atoms. The molecule has 1 unspecified atom stereocenters. The Morgan fingerprint density at radius 3 is 2.27 bits per heavy atom. The van der Waals surface area contributed by atoms with Gasteiger partial charge in [-0.3, -0.25) is 4.79 Å². The molecule has 6 heteroatoms. The van der Waals surface area contributed by atoms with Gasteiger partial charge in [-0.1, -0.05) is 18.2 Å². The van der Waals surface area contributed by atoms with Gasteiger partial charge in [-0.15, -0.1) is 0 Å².